The van der Waals surface area contributed by atoms with Crippen LogP contribution in [-0.4, -0.2) is 21.3 Å². The van der Waals surface area contributed by atoms with Crippen LogP contribution in [0.15, 0.2) is 12.1 Å². The van der Waals surface area contributed by atoms with Gasteiger partial charge in [-0.3, -0.25) is 0 Å². The Balaban J connectivity index is 3.06. The van der Waals surface area contributed by atoms with Crippen molar-refractivity contribution in [2.75, 3.05) is 0 Å². The summed E-state index contributed by atoms with van der Waals surface area (Å²) in [4.78, 5) is 10.7. The second kappa shape index (κ2) is 4.68. The van der Waals surface area contributed by atoms with E-state index in [1.807, 2.05) is 6.92 Å². The highest BCUT2D eigenvalue weighted by atomic mass is 16.4. The fourth-order valence-electron chi connectivity index (χ4n) is 1.36. The van der Waals surface area contributed by atoms with Gasteiger partial charge in [-0.25, -0.2) is 4.79 Å². The number of phenols is 2. The number of aromatic carboxylic acids is 1. The number of rotatable bonds is 4. The minimum Gasteiger partial charge on any atom is -0.508 e. The molecule has 4 heteroatoms. The van der Waals surface area contributed by atoms with Crippen LogP contribution in [-0.2, 0) is 6.42 Å². The first-order valence-electron chi connectivity index (χ1n) is 4.84. The summed E-state index contributed by atoms with van der Waals surface area (Å²) in [7, 11) is 0. The molecule has 0 fully saturated rings. The molecule has 1 aromatic rings. The average Bonchev–Trinajstić information content (AvgIpc) is 2.16. The maximum Gasteiger partial charge on any atom is 0.339 e. The van der Waals surface area contributed by atoms with Crippen molar-refractivity contribution in [3.63, 3.8) is 0 Å². The summed E-state index contributed by atoms with van der Waals surface area (Å²) in [5.74, 6) is -1.64. The van der Waals surface area contributed by atoms with E-state index in [2.05, 4.69) is 0 Å². The van der Waals surface area contributed by atoms with Crippen LogP contribution in [0.5, 0.6) is 11.5 Å². The molecule has 0 aliphatic heterocycles. The standard InChI is InChI=1S/C11H14O4/c1-2-3-4-7-5-8(11(14)15)10(13)6-9(7)12/h5-6,12-13H,2-4H2,1H3,(H,14,15). The lowest BCUT2D eigenvalue weighted by atomic mass is 10.0. The quantitative estimate of drug-likeness (QED) is 0.711. The average molecular weight is 210 g/mol. The molecule has 0 saturated carbocycles. The van der Waals surface area contributed by atoms with Crippen LogP contribution < -0.4 is 0 Å². The smallest absolute Gasteiger partial charge is 0.339 e. The lowest BCUT2D eigenvalue weighted by molar-refractivity contribution is 0.0693. The zero-order chi connectivity index (χ0) is 11.4. The Labute approximate surface area is 87.8 Å². The number of unbranched alkanes of at least 4 members (excludes halogenated alkanes) is 1. The first-order valence-corrected chi connectivity index (χ1v) is 4.84. The Hall–Kier alpha value is -1.71. The number of carbonyl (C=O) groups is 1. The second-order valence-corrected chi connectivity index (χ2v) is 3.41. The predicted octanol–water partition coefficient (Wildman–Crippen LogP) is 2.14. The van der Waals surface area contributed by atoms with Gasteiger partial charge in [0, 0.05) is 6.07 Å². The molecule has 0 aromatic heterocycles. The molecule has 0 saturated heterocycles. The molecule has 0 bridgehead atoms. The van der Waals surface area contributed by atoms with E-state index in [0.717, 1.165) is 18.9 Å². The monoisotopic (exact) mass is 210 g/mol. The maximum atomic E-state index is 10.7. The zero-order valence-corrected chi connectivity index (χ0v) is 8.53. The molecule has 0 atom stereocenters. The van der Waals surface area contributed by atoms with Gasteiger partial charge in [0.15, 0.2) is 0 Å². The number of hydrogen-bond acceptors (Lipinski definition) is 3. The fraction of sp³-hybridized carbons (Fsp3) is 0.364. The van der Waals surface area contributed by atoms with Crippen molar-refractivity contribution < 1.29 is 20.1 Å². The molecule has 0 spiro atoms. The minimum absolute atomic E-state index is 0.0500. The molecule has 82 valence electrons. The summed E-state index contributed by atoms with van der Waals surface area (Å²) in [5.41, 5.74) is 0.394. The van der Waals surface area contributed by atoms with Crippen LogP contribution in [0, 0.1) is 0 Å². The van der Waals surface area contributed by atoms with Crippen molar-refractivity contribution in [2.24, 2.45) is 0 Å². The number of phenolic OH excluding ortho intramolecular Hbond substituents is 1. The highest BCUT2D eigenvalue weighted by Crippen LogP contribution is 2.28. The van der Waals surface area contributed by atoms with Crippen LogP contribution in [0.4, 0.5) is 0 Å². The van der Waals surface area contributed by atoms with Gasteiger partial charge < -0.3 is 15.3 Å². The van der Waals surface area contributed by atoms with Crippen LogP contribution in [0.2, 0.25) is 0 Å². The third kappa shape index (κ3) is 2.62. The molecule has 0 unspecified atom stereocenters. The van der Waals surface area contributed by atoms with Crippen LogP contribution in [0.1, 0.15) is 35.7 Å². The van der Waals surface area contributed by atoms with Crippen molar-refractivity contribution in [2.45, 2.75) is 26.2 Å². The molecule has 1 aromatic carbocycles. The van der Waals surface area contributed by atoms with E-state index >= 15 is 0 Å². The molecule has 4 nitrogen and oxygen atoms in total. The van der Waals surface area contributed by atoms with Crippen molar-refractivity contribution in [1.29, 1.82) is 0 Å². The van der Waals surface area contributed by atoms with E-state index in [-0.39, 0.29) is 11.3 Å². The molecule has 0 amide bonds. The molecule has 15 heavy (non-hydrogen) atoms. The molecule has 1 rings (SSSR count). The van der Waals surface area contributed by atoms with Crippen molar-refractivity contribution >= 4 is 5.97 Å². The summed E-state index contributed by atoms with van der Waals surface area (Å²) in [6.07, 6.45) is 2.45. The van der Waals surface area contributed by atoms with Gasteiger partial charge in [-0.1, -0.05) is 13.3 Å². The summed E-state index contributed by atoms with van der Waals surface area (Å²) in [5, 5.41) is 27.5. The van der Waals surface area contributed by atoms with Crippen molar-refractivity contribution in [3.8, 4) is 11.5 Å². The Bertz CT molecular complexity index is 371. The molecule has 0 radical (unpaired) electrons. The van der Waals surface area contributed by atoms with Gasteiger partial charge in [-0.15, -0.1) is 0 Å². The van der Waals surface area contributed by atoms with E-state index in [9.17, 15) is 15.0 Å². The van der Waals surface area contributed by atoms with E-state index in [0.29, 0.717) is 12.0 Å². The second-order valence-electron chi connectivity index (χ2n) is 3.41. The first-order chi connectivity index (χ1) is 7.06. The Morgan fingerprint density at radius 3 is 2.47 bits per heavy atom. The van der Waals surface area contributed by atoms with E-state index < -0.39 is 11.7 Å². The van der Waals surface area contributed by atoms with Crippen LogP contribution in [0.3, 0.4) is 0 Å². The number of aryl methyl sites for hydroxylation is 1. The predicted molar refractivity (Wildman–Crippen MR) is 55.3 cm³/mol. The third-order valence-corrected chi connectivity index (χ3v) is 2.23. The van der Waals surface area contributed by atoms with E-state index in [1.54, 1.807) is 0 Å². The van der Waals surface area contributed by atoms with Gasteiger partial charge in [0.2, 0.25) is 0 Å². The van der Waals surface area contributed by atoms with Gasteiger partial charge in [-0.2, -0.15) is 0 Å². The summed E-state index contributed by atoms with van der Waals surface area (Å²) >= 11 is 0. The maximum absolute atomic E-state index is 10.7. The fourth-order valence-corrected chi connectivity index (χ4v) is 1.36. The largest absolute Gasteiger partial charge is 0.508 e. The SMILES string of the molecule is CCCCc1cc(C(=O)O)c(O)cc1O. The summed E-state index contributed by atoms with van der Waals surface area (Å²) in [6.45, 7) is 2.01. The Kier molecular flexibility index (Phi) is 3.55. The zero-order valence-electron chi connectivity index (χ0n) is 8.53. The molecular formula is C11H14O4. The highest BCUT2D eigenvalue weighted by molar-refractivity contribution is 5.91. The van der Waals surface area contributed by atoms with Gasteiger partial charge >= 0.3 is 5.97 Å². The summed E-state index contributed by atoms with van der Waals surface area (Å²) < 4.78 is 0. The minimum atomic E-state index is -1.19. The third-order valence-electron chi connectivity index (χ3n) is 2.23. The van der Waals surface area contributed by atoms with Crippen LogP contribution in [0.25, 0.3) is 0 Å². The molecule has 0 heterocycles. The number of carboxylic acids is 1. The highest BCUT2D eigenvalue weighted by Gasteiger charge is 2.13. The Morgan fingerprint density at radius 1 is 1.27 bits per heavy atom. The van der Waals surface area contributed by atoms with E-state index in [1.165, 1.54) is 6.07 Å². The van der Waals surface area contributed by atoms with E-state index in [4.69, 9.17) is 5.11 Å². The lowest BCUT2D eigenvalue weighted by Gasteiger charge is -2.06. The number of aromatic hydroxyl groups is 2. The summed E-state index contributed by atoms with van der Waals surface area (Å²) in [6, 6.07) is 2.40. The van der Waals surface area contributed by atoms with Crippen molar-refractivity contribution in [3.05, 3.63) is 23.3 Å². The molecule has 0 aliphatic rings. The topological polar surface area (TPSA) is 77.8 Å². The van der Waals surface area contributed by atoms with Crippen molar-refractivity contribution in [1.82, 2.24) is 0 Å². The van der Waals surface area contributed by atoms with Gasteiger partial charge in [-0.05, 0) is 24.5 Å². The lowest BCUT2D eigenvalue weighted by Crippen LogP contribution is -1.99. The number of carboxylic acid groups (broad SMARTS) is 1. The molecule has 0 aliphatic carbocycles. The first kappa shape index (κ1) is 11.4. The normalized spacial score (nSPS) is 10.2. The number of hydrogen-bond donors (Lipinski definition) is 3. The van der Waals surface area contributed by atoms with Gasteiger partial charge in [0.25, 0.3) is 0 Å². The molecular weight excluding hydrogens is 196 g/mol. The van der Waals surface area contributed by atoms with Gasteiger partial charge in [0.1, 0.15) is 17.1 Å². The van der Waals surface area contributed by atoms with Crippen LogP contribution >= 0.6 is 0 Å². The number of benzene rings is 1. The molecule has 3 N–H and O–H groups in total. The Morgan fingerprint density at radius 2 is 1.93 bits per heavy atom. The van der Waals surface area contributed by atoms with Gasteiger partial charge in [0.05, 0.1) is 0 Å².